The van der Waals surface area contributed by atoms with Gasteiger partial charge in [-0.2, -0.15) is 4.39 Å². The molecular weight excluding hydrogens is 403 g/mol. The lowest BCUT2D eigenvalue weighted by atomic mass is 9.95. The Bertz CT molecular complexity index is 1210. The first-order valence-corrected chi connectivity index (χ1v) is 11.4. The van der Waals surface area contributed by atoms with Crippen molar-refractivity contribution >= 4 is 9.84 Å². The summed E-state index contributed by atoms with van der Waals surface area (Å²) < 4.78 is 44.8. The van der Waals surface area contributed by atoms with E-state index in [0.29, 0.717) is 24.5 Å². The Balaban J connectivity index is 1.45. The molecule has 3 aromatic rings. The molecular formula is C23H21FN2O3S. The van der Waals surface area contributed by atoms with Crippen molar-refractivity contribution in [1.29, 1.82) is 0 Å². The SMILES string of the molecule is COc1cccc(CN2C[C@@H]3c4cc(-c5ccc(F)nc5)ccc4S(=O)(=O)[C@@H]3C2)c1. The number of halogens is 1. The summed E-state index contributed by atoms with van der Waals surface area (Å²) >= 11 is 0. The van der Waals surface area contributed by atoms with Gasteiger partial charge < -0.3 is 4.74 Å². The first-order chi connectivity index (χ1) is 14.5. The van der Waals surface area contributed by atoms with Crippen molar-refractivity contribution in [2.75, 3.05) is 20.2 Å². The minimum atomic E-state index is -3.37. The van der Waals surface area contributed by atoms with Crippen LogP contribution >= 0.6 is 0 Å². The molecule has 0 unspecified atom stereocenters. The summed E-state index contributed by atoms with van der Waals surface area (Å²) in [5.41, 5.74) is 3.57. The van der Waals surface area contributed by atoms with Gasteiger partial charge in [0.15, 0.2) is 9.84 Å². The van der Waals surface area contributed by atoms with E-state index in [1.807, 2.05) is 30.3 Å². The van der Waals surface area contributed by atoms with Gasteiger partial charge in [0.2, 0.25) is 5.95 Å². The van der Waals surface area contributed by atoms with E-state index < -0.39 is 21.0 Å². The monoisotopic (exact) mass is 424 g/mol. The Kier molecular flexibility index (Phi) is 4.60. The summed E-state index contributed by atoms with van der Waals surface area (Å²) in [7, 11) is -1.73. The largest absolute Gasteiger partial charge is 0.497 e. The Hall–Kier alpha value is -2.77. The second-order valence-electron chi connectivity index (χ2n) is 7.86. The molecule has 3 heterocycles. The normalized spacial score (nSPS) is 21.9. The van der Waals surface area contributed by atoms with Crippen molar-refractivity contribution in [2.24, 2.45) is 0 Å². The van der Waals surface area contributed by atoms with Crippen LogP contribution in [0.4, 0.5) is 4.39 Å². The number of benzene rings is 2. The Morgan fingerprint density at radius 2 is 1.93 bits per heavy atom. The van der Waals surface area contributed by atoms with Crippen molar-refractivity contribution in [1.82, 2.24) is 9.88 Å². The molecule has 0 bridgehead atoms. The van der Waals surface area contributed by atoms with Crippen LogP contribution in [0.2, 0.25) is 0 Å². The summed E-state index contributed by atoms with van der Waals surface area (Å²) in [4.78, 5) is 6.33. The van der Waals surface area contributed by atoms with E-state index in [-0.39, 0.29) is 5.92 Å². The number of nitrogens with zero attached hydrogens (tertiary/aromatic N) is 2. The van der Waals surface area contributed by atoms with Crippen LogP contribution in [0.3, 0.4) is 0 Å². The molecule has 2 aliphatic rings. The standard InChI is InChI=1S/C23H21FN2O3S/c1-29-18-4-2-3-15(9-18)12-26-13-20-19-10-16(17-6-8-23(24)25-11-17)5-7-21(19)30(27,28)22(20)14-26/h2-11,20,22H,12-14H2,1H3/t20-,22-/m1/s1. The zero-order chi connectivity index (χ0) is 20.9. The summed E-state index contributed by atoms with van der Waals surface area (Å²) in [6.45, 7) is 1.86. The fourth-order valence-electron chi connectivity index (χ4n) is 4.61. The maximum atomic E-state index is 13.2. The number of fused-ring (bicyclic) bond motifs is 3. The number of rotatable bonds is 4. The maximum Gasteiger partial charge on any atom is 0.212 e. The number of sulfone groups is 1. The number of aromatic nitrogens is 1. The van der Waals surface area contributed by atoms with E-state index in [0.717, 1.165) is 28.0 Å². The van der Waals surface area contributed by atoms with Gasteiger partial charge in [-0.15, -0.1) is 0 Å². The van der Waals surface area contributed by atoms with E-state index in [9.17, 15) is 12.8 Å². The highest BCUT2D eigenvalue weighted by molar-refractivity contribution is 7.92. The molecule has 0 saturated carbocycles. The lowest BCUT2D eigenvalue weighted by Crippen LogP contribution is -2.25. The van der Waals surface area contributed by atoms with Gasteiger partial charge in [-0.25, -0.2) is 13.4 Å². The van der Waals surface area contributed by atoms with Gasteiger partial charge in [0, 0.05) is 37.3 Å². The number of likely N-dealkylation sites (tertiary alicyclic amines) is 1. The second-order valence-corrected chi connectivity index (χ2v) is 9.99. The van der Waals surface area contributed by atoms with Crippen LogP contribution in [0.1, 0.15) is 17.0 Å². The van der Waals surface area contributed by atoms with Crippen molar-refractivity contribution in [3.05, 3.63) is 77.9 Å². The molecule has 2 atom stereocenters. The average molecular weight is 424 g/mol. The molecule has 1 saturated heterocycles. The van der Waals surface area contributed by atoms with Crippen molar-refractivity contribution in [3.8, 4) is 16.9 Å². The van der Waals surface area contributed by atoms with E-state index in [4.69, 9.17) is 4.74 Å². The molecule has 1 aromatic heterocycles. The molecule has 0 aliphatic carbocycles. The average Bonchev–Trinajstić information content (AvgIpc) is 3.26. The van der Waals surface area contributed by atoms with Gasteiger partial charge in [0.25, 0.3) is 0 Å². The highest BCUT2D eigenvalue weighted by atomic mass is 32.2. The van der Waals surface area contributed by atoms with Crippen LogP contribution in [0, 0.1) is 5.95 Å². The molecule has 30 heavy (non-hydrogen) atoms. The van der Waals surface area contributed by atoms with Crippen LogP contribution in [-0.4, -0.2) is 43.8 Å². The zero-order valence-corrected chi connectivity index (χ0v) is 17.3. The quantitative estimate of drug-likeness (QED) is 0.599. The predicted octanol–water partition coefficient (Wildman–Crippen LogP) is 3.65. The predicted molar refractivity (Wildman–Crippen MR) is 112 cm³/mol. The van der Waals surface area contributed by atoms with Crippen molar-refractivity contribution in [3.63, 3.8) is 0 Å². The molecule has 7 heteroatoms. The summed E-state index contributed by atoms with van der Waals surface area (Å²) in [6.07, 6.45) is 1.47. The van der Waals surface area contributed by atoms with Crippen LogP contribution in [0.5, 0.6) is 5.75 Å². The number of pyridine rings is 1. The molecule has 2 aromatic carbocycles. The molecule has 0 N–H and O–H groups in total. The fourth-order valence-corrected chi connectivity index (χ4v) is 6.80. The third-order valence-electron chi connectivity index (χ3n) is 6.06. The third kappa shape index (κ3) is 3.18. The lowest BCUT2D eigenvalue weighted by Gasteiger charge is -2.18. The lowest BCUT2D eigenvalue weighted by molar-refractivity contribution is 0.324. The first kappa shape index (κ1) is 19.2. The molecule has 5 nitrogen and oxygen atoms in total. The van der Waals surface area contributed by atoms with Gasteiger partial charge in [0.05, 0.1) is 17.3 Å². The summed E-state index contributed by atoms with van der Waals surface area (Å²) in [6, 6.07) is 16.2. The fraction of sp³-hybridized carbons (Fsp3) is 0.261. The number of hydrogen-bond donors (Lipinski definition) is 0. The minimum Gasteiger partial charge on any atom is -0.497 e. The molecule has 5 rings (SSSR count). The topological polar surface area (TPSA) is 59.5 Å². The van der Waals surface area contributed by atoms with E-state index in [1.54, 1.807) is 25.3 Å². The van der Waals surface area contributed by atoms with Crippen LogP contribution in [-0.2, 0) is 16.4 Å². The van der Waals surface area contributed by atoms with E-state index in [2.05, 4.69) is 9.88 Å². The van der Waals surface area contributed by atoms with Gasteiger partial charge in [-0.3, -0.25) is 4.90 Å². The first-order valence-electron chi connectivity index (χ1n) is 9.81. The highest BCUT2D eigenvalue weighted by Gasteiger charge is 2.50. The number of methoxy groups -OCH3 is 1. The smallest absolute Gasteiger partial charge is 0.212 e. The van der Waals surface area contributed by atoms with Gasteiger partial charge in [-0.1, -0.05) is 18.2 Å². The highest BCUT2D eigenvalue weighted by Crippen LogP contribution is 2.46. The second kappa shape index (κ2) is 7.18. The van der Waals surface area contributed by atoms with Crippen LogP contribution in [0.25, 0.3) is 11.1 Å². The summed E-state index contributed by atoms with van der Waals surface area (Å²) in [5.74, 6) is 0.193. The third-order valence-corrected chi connectivity index (χ3v) is 8.32. The van der Waals surface area contributed by atoms with E-state index >= 15 is 0 Å². The van der Waals surface area contributed by atoms with Crippen LogP contribution in [0.15, 0.2) is 65.7 Å². The molecule has 0 amide bonds. The van der Waals surface area contributed by atoms with E-state index in [1.165, 1.54) is 12.3 Å². The van der Waals surface area contributed by atoms with Crippen LogP contribution < -0.4 is 4.74 Å². The Labute approximate surface area is 175 Å². The Morgan fingerprint density at radius 1 is 1.10 bits per heavy atom. The number of ether oxygens (including phenoxy) is 1. The molecule has 154 valence electrons. The van der Waals surface area contributed by atoms with Crippen molar-refractivity contribution in [2.45, 2.75) is 22.6 Å². The van der Waals surface area contributed by atoms with Gasteiger partial charge in [0.1, 0.15) is 5.75 Å². The molecule has 2 aliphatic heterocycles. The molecule has 0 spiro atoms. The van der Waals surface area contributed by atoms with Gasteiger partial charge in [-0.05, 0) is 53.1 Å². The van der Waals surface area contributed by atoms with Crippen molar-refractivity contribution < 1.29 is 17.5 Å². The summed E-state index contributed by atoms with van der Waals surface area (Å²) in [5, 5.41) is -0.431. The molecule has 1 fully saturated rings. The maximum absolute atomic E-state index is 13.2. The molecule has 0 radical (unpaired) electrons. The Morgan fingerprint density at radius 3 is 2.70 bits per heavy atom. The minimum absolute atomic E-state index is 0.0658. The zero-order valence-electron chi connectivity index (χ0n) is 16.5. The number of hydrogen-bond acceptors (Lipinski definition) is 5. The van der Waals surface area contributed by atoms with Gasteiger partial charge >= 0.3 is 0 Å².